The van der Waals surface area contributed by atoms with Gasteiger partial charge in [-0.05, 0) is 54.7 Å². The largest absolute Gasteiger partial charge is 0.345 e. The number of nitrogens with one attached hydrogen (secondary N) is 1. The minimum absolute atomic E-state index is 0.0531. The molecule has 0 aromatic heterocycles. The Morgan fingerprint density at radius 2 is 1.48 bits per heavy atom. The summed E-state index contributed by atoms with van der Waals surface area (Å²) in [4.78, 5) is 13.3. The zero-order valence-electron chi connectivity index (χ0n) is 20.1. The van der Waals surface area contributed by atoms with Crippen molar-refractivity contribution in [1.82, 2.24) is 5.32 Å². The maximum Gasteiger partial charge on any atom is 0.264 e. The monoisotopic (exact) mass is 464 g/mol. The molecular formula is C27H32N2O3S. The van der Waals surface area contributed by atoms with E-state index in [9.17, 15) is 13.2 Å². The highest BCUT2D eigenvalue weighted by molar-refractivity contribution is 7.92. The van der Waals surface area contributed by atoms with Crippen LogP contribution in [0.3, 0.4) is 0 Å². The van der Waals surface area contributed by atoms with Crippen molar-refractivity contribution in [2.75, 3.05) is 11.4 Å². The minimum Gasteiger partial charge on any atom is -0.345 e. The van der Waals surface area contributed by atoms with Gasteiger partial charge in [-0.2, -0.15) is 0 Å². The number of aryl methyl sites for hydroxylation is 1. The molecule has 174 valence electrons. The average molecular weight is 465 g/mol. The average Bonchev–Trinajstić information content (AvgIpc) is 2.78. The van der Waals surface area contributed by atoms with Crippen molar-refractivity contribution in [1.29, 1.82) is 0 Å². The molecule has 0 saturated carbocycles. The standard InChI is InChI=1S/C27H32N2O3S/c1-19-11-17-23(18-12-19)33(31,32)29(6)25-10-8-7-9-24(25)26(30)28-20(2)21-13-15-22(16-14-21)27(3,4)5/h7-18,20H,1-6H3,(H,28,30)/t20-/m0/s1. The summed E-state index contributed by atoms with van der Waals surface area (Å²) < 4.78 is 27.5. The van der Waals surface area contributed by atoms with Crippen LogP contribution >= 0.6 is 0 Å². The maximum absolute atomic E-state index is 13.2. The van der Waals surface area contributed by atoms with Crippen LogP contribution in [0.15, 0.2) is 77.7 Å². The number of hydrogen-bond donors (Lipinski definition) is 1. The van der Waals surface area contributed by atoms with Crippen molar-refractivity contribution in [3.63, 3.8) is 0 Å². The van der Waals surface area contributed by atoms with E-state index >= 15 is 0 Å². The van der Waals surface area contributed by atoms with E-state index in [0.29, 0.717) is 11.3 Å². The summed E-state index contributed by atoms with van der Waals surface area (Å²) in [5.41, 5.74) is 3.85. The van der Waals surface area contributed by atoms with Crippen LogP contribution in [0.25, 0.3) is 0 Å². The van der Waals surface area contributed by atoms with Gasteiger partial charge >= 0.3 is 0 Å². The van der Waals surface area contributed by atoms with Gasteiger partial charge in [0.1, 0.15) is 0 Å². The number of anilines is 1. The summed E-state index contributed by atoms with van der Waals surface area (Å²) in [5.74, 6) is -0.330. The van der Waals surface area contributed by atoms with Crippen molar-refractivity contribution >= 4 is 21.6 Å². The van der Waals surface area contributed by atoms with Crippen molar-refractivity contribution in [3.8, 4) is 0 Å². The molecule has 0 heterocycles. The second-order valence-corrected chi connectivity index (χ2v) is 11.3. The molecule has 1 amide bonds. The third kappa shape index (κ3) is 5.45. The Balaban J connectivity index is 1.84. The molecule has 0 radical (unpaired) electrons. The Bertz CT molecular complexity index is 1230. The van der Waals surface area contributed by atoms with Crippen LogP contribution in [-0.4, -0.2) is 21.4 Å². The molecule has 33 heavy (non-hydrogen) atoms. The third-order valence-corrected chi connectivity index (χ3v) is 7.58. The fourth-order valence-electron chi connectivity index (χ4n) is 3.57. The van der Waals surface area contributed by atoms with E-state index < -0.39 is 10.0 Å². The molecule has 1 N–H and O–H groups in total. The van der Waals surface area contributed by atoms with Gasteiger partial charge in [-0.25, -0.2) is 8.42 Å². The van der Waals surface area contributed by atoms with E-state index in [1.54, 1.807) is 48.5 Å². The lowest BCUT2D eigenvalue weighted by Gasteiger charge is -2.23. The molecule has 0 spiro atoms. The summed E-state index contributed by atoms with van der Waals surface area (Å²) in [6.07, 6.45) is 0. The van der Waals surface area contributed by atoms with E-state index in [0.717, 1.165) is 15.4 Å². The quantitative estimate of drug-likeness (QED) is 0.516. The predicted molar refractivity (Wildman–Crippen MR) is 134 cm³/mol. The number of para-hydroxylation sites is 1. The van der Waals surface area contributed by atoms with Crippen molar-refractivity contribution < 1.29 is 13.2 Å². The second-order valence-electron chi connectivity index (χ2n) is 9.37. The first kappa shape index (κ1) is 24.5. The summed E-state index contributed by atoms with van der Waals surface area (Å²) in [7, 11) is -2.34. The number of nitrogens with zero attached hydrogens (tertiary/aromatic N) is 1. The van der Waals surface area contributed by atoms with E-state index in [-0.39, 0.29) is 22.3 Å². The van der Waals surface area contributed by atoms with Crippen LogP contribution in [0.4, 0.5) is 5.69 Å². The summed E-state index contributed by atoms with van der Waals surface area (Å²) in [5, 5.41) is 3.00. The van der Waals surface area contributed by atoms with Gasteiger partial charge in [0.25, 0.3) is 15.9 Å². The SMILES string of the molecule is Cc1ccc(S(=O)(=O)N(C)c2ccccc2C(=O)N[C@@H](C)c2ccc(C(C)(C)C)cc2)cc1. The first-order valence-electron chi connectivity index (χ1n) is 11.0. The highest BCUT2D eigenvalue weighted by atomic mass is 32.2. The normalized spacial score (nSPS) is 12.8. The van der Waals surface area contributed by atoms with E-state index in [4.69, 9.17) is 0 Å². The molecule has 3 rings (SSSR count). The molecule has 6 heteroatoms. The predicted octanol–water partition coefficient (Wildman–Crippen LogP) is 5.61. The van der Waals surface area contributed by atoms with Gasteiger partial charge < -0.3 is 5.32 Å². The number of benzene rings is 3. The maximum atomic E-state index is 13.2. The fourth-order valence-corrected chi connectivity index (χ4v) is 4.78. The Kier molecular flexibility index (Phi) is 6.98. The van der Waals surface area contributed by atoms with Crippen LogP contribution in [-0.2, 0) is 15.4 Å². The number of hydrogen-bond acceptors (Lipinski definition) is 3. The fraction of sp³-hybridized carbons (Fsp3) is 0.296. The molecule has 3 aromatic rings. The van der Waals surface area contributed by atoms with E-state index in [1.807, 2.05) is 26.0 Å². The molecule has 1 atom stereocenters. The lowest BCUT2D eigenvalue weighted by Crippen LogP contribution is -2.32. The topological polar surface area (TPSA) is 66.5 Å². The molecule has 0 fully saturated rings. The summed E-state index contributed by atoms with van der Waals surface area (Å²) in [6.45, 7) is 10.3. The summed E-state index contributed by atoms with van der Waals surface area (Å²) >= 11 is 0. The lowest BCUT2D eigenvalue weighted by molar-refractivity contribution is 0.0940. The van der Waals surface area contributed by atoms with Gasteiger partial charge in [0.05, 0.1) is 22.2 Å². The lowest BCUT2D eigenvalue weighted by atomic mass is 9.86. The Morgan fingerprint density at radius 3 is 2.06 bits per heavy atom. The first-order valence-corrected chi connectivity index (χ1v) is 12.4. The van der Waals surface area contributed by atoms with Gasteiger partial charge in [-0.1, -0.05) is 74.9 Å². The number of rotatable bonds is 6. The van der Waals surface area contributed by atoms with Crippen LogP contribution in [0, 0.1) is 6.92 Å². The first-order chi connectivity index (χ1) is 15.4. The molecule has 0 aliphatic rings. The molecule has 0 aliphatic carbocycles. The Labute approximate surface area is 197 Å². The molecule has 3 aromatic carbocycles. The number of amides is 1. The number of sulfonamides is 1. The van der Waals surface area contributed by atoms with Gasteiger partial charge in [-0.15, -0.1) is 0 Å². The molecule has 0 unspecified atom stereocenters. The van der Waals surface area contributed by atoms with Crippen LogP contribution in [0.2, 0.25) is 0 Å². The number of carbonyl (C=O) groups is 1. The van der Waals surface area contributed by atoms with Crippen molar-refractivity contribution in [2.45, 2.75) is 51.0 Å². The van der Waals surface area contributed by atoms with Gasteiger partial charge in [0.2, 0.25) is 0 Å². The zero-order chi connectivity index (χ0) is 24.4. The van der Waals surface area contributed by atoms with Crippen LogP contribution < -0.4 is 9.62 Å². The Hall–Kier alpha value is -3.12. The van der Waals surface area contributed by atoms with Gasteiger partial charge in [-0.3, -0.25) is 9.10 Å². The zero-order valence-corrected chi connectivity index (χ0v) is 20.9. The molecule has 5 nitrogen and oxygen atoms in total. The minimum atomic E-state index is -3.81. The van der Waals surface area contributed by atoms with Crippen LogP contribution in [0.1, 0.15) is 60.8 Å². The van der Waals surface area contributed by atoms with E-state index in [2.05, 4.69) is 38.2 Å². The second kappa shape index (κ2) is 9.40. The van der Waals surface area contributed by atoms with Gasteiger partial charge in [0, 0.05) is 7.05 Å². The van der Waals surface area contributed by atoms with Crippen molar-refractivity contribution in [3.05, 3.63) is 95.1 Å². The van der Waals surface area contributed by atoms with Crippen LogP contribution in [0.5, 0.6) is 0 Å². The smallest absolute Gasteiger partial charge is 0.264 e. The number of carbonyl (C=O) groups excluding carboxylic acids is 1. The Morgan fingerprint density at radius 1 is 0.909 bits per heavy atom. The van der Waals surface area contributed by atoms with Crippen molar-refractivity contribution in [2.24, 2.45) is 0 Å². The highest BCUT2D eigenvalue weighted by Gasteiger charge is 2.25. The van der Waals surface area contributed by atoms with Gasteiger partial charge in [0.15, 0.2) is 0 Å². The molecular weight excluding hydrogens is 432 g/mol. The molecule has 0 bridgehead atoms. The highest BCUT2D eigenvalue weighted by Crippen LogP contribution is 2.27. The molecule has 0 aliphatic heterocycles. The molecule has 0 saturated heterocycles. The third-order valence-electron chi connectivity index (χ3n) is 5.79. The summed E-state index contributed by atoms with van der Waals surface area (Å²) in [6, 6.07) is 21.4. The van der Waals surface area contributed by atoms with E-state index in [1.165, 1.54) is 12.6 Å².